The summed E-state index contributed by atoms with van der Waals surface area (Å²) in [4.78, 5) is 190. The molecule has 2 aliphatic rings. The van der Waals surface area contributed by atoms with Crippen molar-refractivity contribution >= 4 is 94.4 Å². The van der Waals surface area contributed by atoms with Gasteiger partial charge in [0.25, 0.3) is 17.7 Å². The maximum Gasteiger partial charge on any atom is 0.339 e. The van der Waals surface area contributed by atoms with Crippen LogP contribution in [0, 0.1) is 35.3 Å². The highest BCUT2D eigenvalue weighted by Gasteiger charge is 2.40. The Morgan fingerprint density at radius 1 is 0.366 bits per heavy atom. The molecule has 7 aromatic carbocycles. The van der Waals surface area contributed by atoms with Crippen LogP contribution < -0.4 is 85.3 Å². The number of halogens is 2. The van der Waals surface area contributed by atoms with Crippen molar-refractivity contribution in [2.75, 3.05) is 34.2 Å². The van der Waals surface area contributed by atoms with E-state index in [4.69, 9.17) is 0 Å². The van der Waals surface area contributed by atoms with Crippen LogP contribution in [0.3, 0.4) is 0 Å². The zero-order valence-corrected chi connectivity index (χ0v) is 77.1. The van der Waals surface area contributed by atoms with Crippen LogP contribution >= 0.6 is 0 Å². The SMILES string of the molecule is CCCC(NC(=O)C(CC(C)C)NC(=O)C(NC(=O)c1c(F)ccc(F)c1C(=O)O)C1CCCCC1)/C(=N\NC(=O)NC(c1ccccc1)c1ccccc1)C(=O)NCC(=O)NC(C(=O)NC)c1ccccc1.CCCC(NC(=O)C(CC(C)C)NC(=O)C(NC)C1CCCCC1)/C(=N/NC(=O)NC(c1ccccc1)c1ccccc1)C(=O)NCC(=O)NC(C(=O)NC)c1ccccc1. The number of carbonyl (C=O) groups excluding carboxylic acids is 13. The summed E-state index contributed by atoms with van der Waals surface area (Å²) in [5.74, 6) is -13.2. The standard InChI is InChI=1S/C53H63F2N9O9.C46H63N9O6/c1-5-18-38(58-47(66)39(29-31(2)3)59-51(70)45(35-25-16-9-17-26-35)61-48(67)41-36(54)27-28-37(55)42(41)52(71)72)46(50(69)57-30-40(65)60-44(49(68)56-4)34-23-14-8-15-24-34)63-64-53(73)62-43(32-19-10-6-11-20-32)33-21-12-7-13-22-33;1-6-19-35(50-42(57)36(28-30(2)3)51-45(60)39(47-4)33-24-15-9-16-25-33)41(44(59)49-29-37(56)52-40(43(58)48-5)34-26-17-10-18-27-34)54-55-46(61)53-38(31-20-11-7-12-21-31)32-22-13-8-14-23-32/h6-8,10-15,19-24,27-28,31,35,38-39,43-45H,5,9,16-18,25-26,29-30H2,1-4H3,(H,56,68)(H,57,69)(H,58,66)(H,59,70)(H,60,65)(H,61,67)(H,71,72)(H2,62,64,73);7-8,10-14,17-18,20-23,26-27,30,33,35-36,38-40,47H,6,9,15-16,19,24-25,28-29H2,1-5H3,(H,48,58)(H,49,59)(H,50,57)(H,51,60)(H,52,56)(H2,53,55,61)/b63-46+;54-41-. The molecule has 134 heavy (non-hydrogen) atoms. The van der Waals surface area contributed by atoms with E-state index in [2.05, 4.69) is 95.5 Å². The highest BCUT2D eigenvalue weighted by Crippen LogP contribution is 2.31. The fourth-order valence-corrected chi connectivity index (χ4v) is 16.2. The minimum Gasteiger partial charge on any atom is -0.478 e. The molecule has 33 nitrogen and oxygen atoms in total. The summed E-state index contributed by atoms with van der Waals surface area (Å²) in [7, 11) is 4.61. The van der Waals surface area contributed by atoms with E-state index in [1.165, 1.54) is 14.1 Å². The Labute approximate surface area is 779 Å². The molecular formula is C99H126F2N18O15. The highest BCUT2D eigenvalue weighted by molar-refractivity contribution is 6.42. The van der Waals surface area contributed by atoms with Crippen molar-refractivity contribution in [3.05, 3.63) is 250 Å². The summed E-state index contributed by atoms with van der Waals surface area (Å²) in [5.41, 5.74) is 5.91. The van der Waals surface area contributed by atoms with E-state index in [0.717, 1.165) is 60.8 Å². The predicted octanol–water partition coefficient (Wildman–Crippen LogP) is 9.46. The third-order valence-electron chi connectivity index (χ3n) is 22.9. The minimum absolute atomic E-state index is 0.0250. The topological polar surface area (TPSA) is 476 Å². The monoisotopic (exact) mass is 1840 g/mol. The highest BCUT2D eigenvalue weighted by atomic mass is 19.1. The number of nitrogens with zero attached hydrogens (tertiary/aromatic N) is 2. The van der Waals surface area contributed by atoms with E-state index >= 15 is 4.39 Å². The average Bonchev–Trinajstić information content (AvgIpc) is 0.794. The Bertz CT molecular complexity index is 5050. The van der Waals surface area contributed by atoms with Gasteiger partial charge < -0.3 is 79.5 Å². The number of carboxylic acid groups (broad SMARTS) is 1. The molecule has 2 aliphatic carbocycles. The Kier molecular flexibility index (Phi) is 42.9. The van der Waals surface area contributed by atoms with Gasteiger partial charge in [-0.1, -0.05) is 275 Å². The van der Waals surface area contributed by atoms with Crippen LogP contribution in [0.4, 0.5) is 18.4 Å². The molecule has 0 heterocycles. The van der Waals surface area contributed by atoms with Gasteiger partial charge in [0.15, 0.2) is 0 Å². The number of likely N-dealkylation sites (N-methyl/N-ethyl adjacent to an activating group) is 3. The first kappa shape index (κ1) is 105. The maximum atomic E-state index is 15.1. The zero-order valence-electron chi connectivity index (χ0n) is 77.1. The summed E-state index contributed by atoms with van der Waals surface area (Å²) >= 11 is 0. The van der Waals surface area contributed by atoms with Gasteiger partial charge in [0, 0.05) is 14.1 Å². The Morgan fingerprint density at radius 3 is 0.993 bits per heavy atom. The summed E-state index contributed by atoms with van der Waals surface area (Å²) in [6, 6.07) is 43.7. The van der Waals surface area contributed by atoms with Gasteiger partial charge in [-0.2, -0.15) is 10.2 Å². The molecule has 8 atom stereocenters. The van der Waals surface area contributed by atoms with Crippen molar-refractivity contribution in [1.29, 1.82) is 0 Å². The van der Waals surface area contributed by atoms with Crippen LogP contribution in [-0.2, 0) is 47.9 Å². The predicted molar refractivity (Wildman–Crippen MR) is 503 cm³/mol. The molecule has 8 unspecified atom stereocenters. The third-order valence-corrected chi connectivity index (χ3v) is 22.9. The molecule has 2 saturated carbocycles. The summed E-state index contributed by atoms with van der Waals surface area (Å²) in [5, 5.41) is 56.4. The number of urea groups is 2. The number of carbonyl (C=O) groups is 14. The van der Waals surface area contributed by atoms with E-state index in [9.17, 15) is 76.6 Å². The molecule has 35 heteroatoms. The van der Waals surface area contributed by atoms with E-state index in [1.807, 2.05) is 142 Å². The molecule has 0 radical (unpaired) electrons. The first-order chi connectivity index (χ1) is 64.5. The van der Waals surface area contributed by atoms with Crippen molar-refractivity contribution < 1.29 is 81.0 Å². The van der Waals surface area contributed by atoms with Gasteiger partial charge in [0.1, 0.15) is 58.8 Å². The second-order valence-corrected chi connectivity index (χ2v) is 33.8. The first-order valence-corrected chi connectivity index (χ1v) is 45.5. The molecule has 15 amide bonds. The summed E-state index contributed by atoms with van der Waals surface area (Å²) in [6.45, 7) is 9.87. The fraction of sp³-hybridized carbons (Fsp3) is 0.414. The van der Waals surface area contributed by atoms with E-state index < -0.39 is 185 Å². The smallest absolute Gasteiger partial charge is 0.339 e. The van der Waals surface area contributed by atoms with Crippen LogP contribution in [0.5, 0.6) is 0 Å². The number of carboxylic acids is 1. The molecule has 0 aliphatic heterocycles. The number of hydrazone groups is 2. The first-order valence-electron chi connectivity index (χ1n) is 45.5. The summed E-state index contributed by atoms with van der Waals surface area (Å²) < 4.78 is 29.8. The molecular weight excluding hydrogens is 1720 g/mol. The van der Waals surface area contributed by atoms with E-state index in [1.54, 1.807) is 88.5 Å². The van der Waals surface area contributed by atoms with E-state index in [0.29, 0.717) is 68.2 Å². The van der Waals surface area contributed by atoms with Crippen molar-refractivity contribution in [2.45, 2.75) is 205 Å². The Hall–Kier alpha value is -14.1. The Balaban J connectivity index is 0.000000335. The lowest BCUT2D eigenvalue weighted by molar-refractivity contribution is -0.131. The molecule has 9 rings (SSSR count). The molecule has 17 N–H and O–H groups in total. The van der Waals surface area contributed by atoms with Crippen LogP contribution in [0.25, 0.3) is 0 Å². The lowest BCUT2D eigenvalue weighted by Crippen LogP contribution is -2.59. The Morgan fingerprint density at radius 2 is 0.679 bits per heavy atom. The fourth-order valence-electron chi connectivity index (χ4n) is 16.2. The lowest BCUT2D eigenvalue weighted by atomic mass is 9.83. The lowest BCUT2D eigenvalue weighted by Gasteiger charge is -2.32. The molecule has 2 fully saturated rings. The van der Waals surface area contributed by atoms with Crippen LogP contribution in [0.15, 0.2) is 204 Å². The van der Waals surface area contributed by atoms with Crippen LogP contribution in [0.1, 0.15) is 223 Å². The van der Waals surface area contributed by atoms with Crippen molar-refractivity contribution in [3.63, 3.8) is 0 Å². The van der Waals surface area contributed by atoms with Gasteiger partial charge in [-0.25, -0.2) is 34.0 Å². The quantitative estimate of drug-likeness (QED) is 0.0125. The third kappa shape index (κ3) is 32.4. The number of nitrogens with one attached hydrogen (secondary N) is 16. The molecule has 716 valence electrons. The number of hydrogen-bond acceptors (Lipinski definition) is 17. The zero-order chi connectivity index (χ0) is 97.2. The summed E-state index contributed by atoms with van der Waals surface area (Å²) in [6.07, 6.45) is 9.58. The van der Waals surface area contributed by atoms with Crippen LogP contribution in [-0.4, -0.2) is 170 Å². The van der Waals surface area contributed by atoms with Crippen molar-refractivity contribution in [1.82, 2.24) is 85.3 Å². The molecule has 0 bridgehead atoms. The number of amides is 15. The minimum atomic E-state index is -1.90. The molecule has 0 spiro atoms. The number of benzene rings is 7. The van der Waals surface area contributed by atoms with Gasteiger partial charge in [-0.15, -0.1) is 0 Å². The van der Waals surface area contributed by atoms with Gasteiger partial charge in [0.2, 0.25) is 47.3 Å². The largest absolute Gasteiger partial charge is 0.478 e. The van der Waals surface area contributed by atoms with Crippen molar-refractivity contribution in [2.24, 2.45) is 33.9 Å². The van der Waals surface area contributed by atoms with Gasteiger partial charge in [-0.05, 0) is 128 Å². The molecule has 0 saturated heterocycles. The van der Waals surface area contributed by atoms with Crippen LogP contribution in [0.2, 0.25) is 0 Å². The molecule has 7 aromatic rings. The van der Waals surface area contributed by atoms with Gasteiger partial charge in [-0.3, -0.25) is 52.7 Å². The maximum absolute atomic E-state index is 15.1. The number of hydrogen-bond donors (Lipinski definition) is 17. The number of rotatable bonds is 44. The average molecular weight is 1850 g/mol. The van der Waals surface area contributed by atoms with Crippen molar-refractivity contribution in [3.8, 4) is 0 Å². The van der Waals surface area contributed by atoms with Gasteiger partial charge in [0.05, 0.1) is 48.9 Å². The molecule has 0 aromatic heterocycles. The number of aromatic carboxylic acids is 1. The second kappa shape index (κ2) is 54.6. The second-order valence-electron chi connectivity index (χ2n) is 33.8. The normalized spacial score (nSPS) is 14.7. The van der Waals surface area contributed by atoms with Gasteiger partial charge >= 0.3 is 18.0 Å². The van der Waals surface area contributed by atoms with E-state index in [-0.39, 0.29) is 48.6 Å².